The van der Waals surface area contributed by atoms with E-state index in [-0.39, 0.29) is 11.3 Å². The van der Waals surface area contributed by atoms with Crippen LogP contribution in [0, 0.1) is 0 Å². The van der Waals surface area contributed by atoms with Crippen molar-refractivity contribution in [3.05, 3.63) is 60.2 Å². The topological polar surface area (TPSA) is 70.0 Å². The van der Waals surface area contributed by atoms with Gasteiger partial charge in [0.25, 0.3) is 0 Å². The summed E-state index contributed by atoms with van der Waals surface area (Å²) in [5, 5.41) is 21.0. The summed E-state index contributed by atoms with van der Waals surface area (Å²) in [4.78, 5) is 13.6. The summed E-state index contributed by atoms with van der Waals surface area (Å²) in [6.07, 6.45) is 0. The van der Waals surface area contributed by atoms with Gasteiger partial charge in [-0.25, -0.2) is 4.79 Å². The van der Waals surface area contributed by atoms with Crippen LogP contribution in [0.3, 0.4) is 0 Å². The fourth-order valence-electron chi connectivity index (χ4n) is 3.38. The Balaban J connectivity index is 1.84. The SMILES string of the molecule is O=C(O)c1ccc(-c2ccc3cc(O)ccc3c2)c(N2CCOCC2)c1. The standard InChI is InChI=1S/C21H19NO4/c23-18-5-3-14-11-16(2-1-15(14)12-18)19-6-4-17(21(24)25)13-20(19)22-7-9-26-10-8-22/h1-6,11-13,23H,7-10H2,(H,24,25). The highest BCUT2D eigenvalue weighted by Gasteiger charge is 2.18. The Hall–Kier alpha value is -3.05. The maximum Gasteiger partial charge on any atom is 0.335 e. The molecule has 0 radical (unpaired) electrons. The van der Waals surface area contributed by atoms with Gasteiger partial charge in [-0.2, -0.15) is 0 Å². The van der Waals surface area contributed by atoms with Crippen LogP contribution in [0.15, 0.2) is 54.6 Å². The molecular weight excluding hydrogens is 330 g/mol. The number of nitrogens with zero attached hydrogens (tertiary/aromatic N) is 1. The zero-order valence-electron chi connectivity index (χ0n) is 14.2. The van der Waals surface area contributed by atoms with Gasteiger partial charge in [0, 0.05) is 24.3 Å². The zero-order chi connectivity index (χ0) is 18.1. The largest absolute Gasteiger partial charge is 0.508 e. The van der Waals surface area contributed by atoms with Crippen molar-refractivity contribution in [2.75, 3.05) is 31.2 Å². The number of carbonyl (C=O) groups is 1. The summed E-state index contributed by atoms with van der Waals surface area (Å²) in [7, 11) is 0. The van der Waals surface area contributed by atoms with Crippen molar-refractivity contribution in [1.82, 2.24) is 0 Å². The van der Waals surface area contributed by atoms with E-state index in [4.69, 9.17) is 4.74 Å². The maximum atomic E-state index is 11.4. The summed E-state index contributed by atoms with van der Waals surface area (Å²) >= 11 is 0. The lowest BCUT2D eigenvalue weighted by atomic mass is 9.97. The summed E-state index contributed by atoms with van der Waals surface area (Å²) in [6.45, 7) is 2.73. The van der Waals surface area contributed by atoms with Gasteiger partial charge in [0.2, 0.25) is 0 Å². The number of fused-ring (bicyclic) bond motifs is 1. The summed E-state index contributed by atoms with van der Waals surface area (Å²) in [5.74, 6) is -0.690. The molecule has 1 aliphatic heterocycles. The van der Waals surface area contributed by atoms with Crippen LogP contribution in [0.2, 0.25) is 0 Å². The molecule has 132 valence electrons. The molecule has 1 saturated heterocycles. The maximum absolute atomic E-state index is 11.4. The van der Waals surface area contributed by atoms with Gasteiger partial charge in [-0.15, -0.1) is 0 Å². The molecule has 26 heavy (non-hydrogen) atoms. The number of ether oxygens (including phenoxy) is 1. The number of benzene rings is 3. The number of anilines is 1. The van der Waals surface area contributed by atoms with Gasteiger partial charge in [0.1, 0.15) is 5.75 Å². The molecule has 5 nitrogen and oxygen atoms in total. The highest BCUT2D eigenvalue weighted by molar-refractivity contribution is 5.94. The lowest BCUT2D eigenvalue weighted by molar-refractivity contribution is 0.0697. The van der Waals surface area contributed by atoms with E-state index in [0.717, 1.165) is 40.7 Å². The Morgan fingerprint density at radius 3 is 2.42 bits per heavy atom. The predicted octanol–water partition coefficient (Wildman–Crippen LogP) is 3.75. The minimum absolute atomic E-state index is 0.241. The third-order valence-corrected chi connectivity index (χ3v) is 4.73. The lowest BCUT2D eigenvalue weighted by Gasteiger charge is -2.31. The number of aromatic hydroxyl groups is 1. The smallest absolute Gasteiger partial charge is 0.335 e. The third kappa shape index (κ3) is 3.09. The van der Waals surface area contributed by atoms with Crippen molar-refractivity contribution >= 4 is 22.4 Å². The number of aromatic carboxylic acids is 1. The van der Waals surface area contributed by atoms with E-state index >= 15 is 0 Å². The van der Waals surface area contributed by atoms with Crippen molar-refractivity contribution in [2.45, 2.75) is 0 Å². The molecule has 2 N–H and O–H groups in total. The molecule has 0 aliphatic carbocycles. The highest BCUT2D eigenvalue weighted by atomic mass is 16.5. The number of rotatable bonds is 3. The van der Waals surface area contributed by atoms with Crippen molar-refractivity contribution in [3.63, 3.8) is 0 Å². The van der Waals surface area contributed by atoms with Crippen molar-refractivity contribution < 1.29 is 19.7 Å². The van der Waals surface area contributed by atoms with E-state index in [1.165, 1.54) is 0 Å². The molecule has 0 unspecified atom stereocenters. The van der Waals surface area contributed by atoms with Crippen LogP contribution in [-0.2, 0) is 4.74 Å². The fraction of sp³-hybridized carbons (Fsp3) is 0.190. The predicted molar refractivity (Wildman–Crippen MR) is 101 cm³/mol. The molecule has 1 fully saturated rings. The van der Waals surface area contributed by atoms with Crippen molar-refractivity contribution in [3.8, 4) is 16.9 Å². The van der Waals surface area contributed by atoms with E-state index in [0.29, 0.717) is 13.2 Å². The first kappa shape index (κ1) is 16.4. The molecule has 5 heteroatoms. The summed E-state index contributed by atoms with van der Waals surface area (Å²) < 4.78 is 5.43. The van der Waals surface area contributed by atoms with Crippen molar-refractivity contribution in [1.29, 1.82) is 0 Å². The van der Waals surface area contributed by atoms with Gasteiger partial charge in [-0.3, -0.25) is 0 Å². The van der Waals surface area contributed by atoms with Crippen LogP contribution in [0.4, 0.5) is 5.69 Å². The molecular formula is C21H19NO4. The minimum atomic E-state index is -0.931. The second-order valence-corrected chi connectivity index (χ2v) is 6.38. The molecule has 0 atom stereocenters. The second kappa shape index (κ2) is 6.69. The van der Waals surface area contributed by atoms with Crippen LogP contribution in [-0.4, -0.2) is 42.5 Å². The van der Waals surface area contributed by atoms with E-state index in [2.05, 4.69) is 11.0 Å². The Morgan fingerprint density at radius 1 is 0.923 bits per heavy atom. The Labute approximate surface area is 151 Å². The number of hydrogen-bond donors (Lipinski definition) is 2. The average Bonchev–Trinajstić information content (AvgIpc) is 2.67. The number of hydrogen-bond acceptors (Lipinski definition) is 4. The number of carboxylic acids is 1. The van der Waals surface area contributed by atoms with Crippen LogP contribution in [0.1, 0.15) is 10.4 Å². The summed E-state index contributed by atoms with van der Waals surface area (Å²) in [6, 6.07) is 16.6. The van der Waals surface area contributed by atoms with E-state index in [1.54, 1.807) is 24.3 Å². The van der Waals surface area contributed by atoms with Gasteiger partial charge in [0.05, 0.1) is 18.8 Å². The second-order valence-electron chi connectivity index (χ2n) is 6.38. The quantitative estimate of drug-likeness (QED) is 0.754. The molecule has 0 amide bonds. The summed E-state index contributed by atoms with van der Waals surface area (Å²) in [5.41, 5.74) is 3.20. The number of carboxylic acid groups (broad SMARTS) is 1. The molecule has 0 saturated carbocycles. The van der Waals surface area contributed by atoms with Crippen LogP contribution >= 0.6 is 0 Å². The fourth-order valence-corrected chi connectivity index (χ4v) is 3.38. The first-order valence-corrected chi connectivity index (χ1v) is 8.55. The van der Waals surface area contributed by atoms with Gasteiger partial charge >= 0.3 is 5.97 Å². The molecule has 1 aliphatic rings. The molecule has 3 aromatic carbocycles. The first-order valence-electron chi connectivity index (χ1n) is 8.55. The molecule has 0 aromatic heterocycles. The third-order valence-electron chi connectivity index (χ3n) is 4.73. The molecule has 0 spiro atoms. The van der Waals surface area contributed by atoms with Gasteiger partial charge < -0.3 is 19.8 Å². The molecule has 1 heterocycles. The van der Waals surface area contributed by atoms with Crippen molar-refractivity contribution in [2.24, 2.45) is 0 Å². The molecule has 3 aromatic rings. The van der Waals surface area contributed by atoms with Gasteiger partial charge in [-0.1, -0.05) is 24.3 Å². The van der Waals surface area contributed by atoms with E-state index < -0.39 is 5.97 Å². The lowest BCUT2D eigenvalue weighted by Crippen LogP contribution is -2.36. The zero-order valence-corrected chi connectivity index (χ0v) is 14.2. The average molecular weight is 349 g/mol. The Morgan fingerprint density at radius 2 is 1.65 bits per heavy atom. The molecule has 4 rings (SSSR count). The normalized spacial score (nSPS) is 14.5. The Bertz CT molecular complexity index is 977. The number of phenols is 1. The minimum Gasteiger partial charge on any atom is -0.508 e. The number of morpholine rings is 1. The van der Waals surface area contributed by atoms with Crippen LogP contribution in [0.5, 0.6) is 5.75 Å². The monoisotopic (exact) mass is 349 g/mol. The van der Waals surface area contributed by atoms with E-state index in [1.807, 2.05) is 24.3 Å². The Kier molecular flexibility index (Phi) is 4.22. The van der Waals surface area contributed by atoms with Gasteiger partial charge in [-0.05, 0) is 46.7 Å². The molecule has 0 bridgehead atoms. The van der Waals surface area contributed by atoms with Gasteiger partial charge in [0.15, 0.2) is 0 Å². The first-order chi connectivity index (χ1) is 12.6. The number of phenolic OH excluding ortho intramolecular Hbond substituents is 1. The highest BCUT2D eigenvalue weighted by Crippen LogP contribution is 2.34. The van der Waals surface area contributed by atoms with Crippen LogP contribution in [0.25, 0.3) is 21.9 Å². The van der Waals surface area contributed by atoms with E-state index in [9.17, 15) is 15.0 Å². The van der Waals surface area contributed by atoms with Crippen LogP contribution < -0.4 is 4.90 Å².